The molecule has 3 heterocycles. The molecule has 8 nitrogen and oxygen atoms in total. The van der Waals surface area contributed by atoms with Gasteiger partial charge in [-0.25, -0.2) is 0 Å². The Morgan fingerprint density at radius 1 is 1.16 bits per heavy atom. The average Bonchev–Trinajstić information content (AvgIpc) is 3.31. The molecule has 5 rings (SSSR count). The monoisotopic (exact) mass is 454 g/mol. The van der Waals surface area contributed by atoms with E-state index in [-0.39, 0.29) is 19.8 Å². The number of benzene rings is 1. The molecule has 32 heavy (non-hydrogen) atoms. The van der Waals surface area contributed by atoms with Crippen LogP contribution in [0.1, 0.15) is 17.5 Å². The summed E-state index contributed by atoms with van der Waals surface area (Å²) in [7, 11) is 4.42. The van der Waals surface area contributed by atoms with Gasteiger partial charge in [-0.1, -0.05) is 6.08 Å². The van der Waals surface area contributed by atoms with E-state index in [1.54, 1.807) is 24.3 Å². The minimum atomic E-state index is -5.13. The summed E-state index contributed by atoms with van der Waals surface area (Å²) < 4.78 is 62.6. The van der Waals surface area contributed by atoms with Gasteiger partial charge in [-0.2, -0.15) is 13.2 Å². The Balaban J connectivity index is 1.77. The highest BCUT2D eigenvalue weighted by molar-refractivity contribution is 5.95. The third kappa shape index (κ3) is 2.57. The number of hydrogen-bond acceptors (Lipinski definition) is 6. The topological polar surface area (TPSA) is 77.5 Å². The molecule has 11 heteroatoms. The van der Waals surface area contributed by atoms with Crippen molar-refractivity contribution in [2.75, 3.05) is 28.1 Å². The minimum Gasteiger partial charge on any atom is -0.454 e. The van der Waals surface area contributed by atoms with Crippen molar-refractivity contribution in [1.82, 2.24) is 9.80 Å². The lowest BCUT2D eigenvalue weighted by Crippen LogP contribution is -2.62. The molecule has 0 saturated carbocycles. The quantitative estimate of drug-likeness (QED) is 0.500. The highest BCUT2D eigenvalue weighted by Crippen LogP contribution is 2.56. The zero-order valence-corrected chi connectivity index (χ0v) is 17.6. The number of carbonyl (C=O) groups is 2. The molecular weight excluding hydrogens is 433 g/mol. The van der Waals surface area contributed by atoms with Crippen molar-refractivity contribution in [2.24, 2.45) is 0 Å². The van der Waals surface area contributed by atoms with Gasteiger partial charge < -0.3 is 28.7 Å². The lowest BCUT2D eigenvalue weighted by molar-refractivity contribution is -0.193. The summed E-state index contributed by atoms with van der Waals surface area (Å²) in [6.45, 7) is -0.398. The van der Waals surface area contributed by atoms with Crippen LogP contribution >= 0.6 is 0 Å². The third-order valence-corrected chi connectivity index (χ3v) is 7.06. The number of likely N-dealkylation sites (N-methyl/N-ethyl adjacent to an activating group) is 1. The van der Waals surface area contributed by atoms with Gasteiger partial charge in [0.15, 0.2) is 17.3 Å². The van der Waals surface area contributed by atoms with E-state index < -0.39 is 41.3 Å². The van der Waals surface area contributed by atoms with Crippen molar-refractivity contribution in [3.8, 4) is 11.5 Å². The van der Waals surface area contributed by atoms with Gasteiger partial charge >= 0.3 is 12.1 Å². The predicted octanol–water partition coefficient (Wildman–Crippen LogP) is 1.72. The Morgan fingerprint density at radius 2 is 1.81 bits per heavy atom. The number of carbonyl (C=O) groups excluding carboxylic acids is 2. The number of hydrogen-bond donors (Lipinski definition) is 0. The van der Waals surface area contributed by atoms with Crippen LogP contribution in [-0.4, -0.2) is 73.7 Å². The molecule has 1 fully saturated rings. The Hall–Kier alpha value is -2.79. The average molecular weight is 454 g/mol. The van der Waals surface area contributed by atoms with Crippen molar-refractivity contribution >= 4 is 11.8 Å². The van der Waals surface area contributed by atoms with E-state index >= 15 is 0 Å². The summed E-state index contributed by atoms with van der Waals surface area (Å²) >= 11 is 0. The maximum atomic E-state index is 13.5. The number of fused-ring (bicyclic) bond motifs is 2. The Labute approximate surface area is 181 Å². The summed E-state index contributed by atoms with van der Waals surface area (Å²) in [6.07, 6.45) is -1.71. The van der Waals surface area contributed by atoms with Crippen molar-refractivity contribution in [3.05, 3.63) is 35.4 Å². The zero-order valence-electron chi connectivity index (χ0n) is 17.6. The molecule has 172 valence electrons. The smallest absolute Gasteiger partial charge is 0.454 e. The van der Waals surface area contributed by atoms with Gasteiger partial charge in [0.1, 0.15) is 6.04 Å². The van der Waals surface area contributed by atoms with Crippen molar-refractivity contribution in [2.45, 2.75) is 42.4 Å². The number of likely N-dealkylation sites (tertiary alicyclic amines) is 1. The minimum absolute atomic E-state index is 0.0194. The SMILES string of the molecule is COC1(OC)C=C[C@@]23c4cc5c(cc4CN(C(=O)C(F)(F)F)[C@@H]2C(=O)N(C)[C@H]3C1)OCO5. The first kappa shape index (κ1) is 21.1. The zero-order chi connectivity index (χ0) is 23.1. The number of nitrogens with zero attached hydrogens (tertiary/aromatic N) is 2. The van der Waals surface area contributed by atoms with Crippen LogP contribution in [-0.2, 0) is 31.0 Å². The second-order valence-electron chi connectivity index (χ2n) is 8.35. The fraction of sp³-hybridized carbons (Fsp3) is 0.524. The number of rotatable bonds is 2. The molecule has 1 aliphatic carbocycles. The molecule has 1 spiro atoms. The van der Waals surface area contributed by atoms with Crippen LogP contribution in [0.4, 0.5) is 13.2 Å². The largest absolute Gasteiger partial charge is 0.471 e. The van der Waals surface area contributed by atoms with Gasteiger partial charge in [0.25, 0.3) is 0 Å². The first-order valence-electron chi connectivity index (χ1n) is 9.96. The number of halogens is 3. The normalized spacial score (nSPS) is 29.6. The number of alkyl halides is 3. The van der Waals surface area contributed by atoms with Gasteiger partial charge in [0.2, 0.25) is 12.7 Å². The Kier molecular flexibility index (Phi) is 4.35. The molecule has 3 atom stereocenters. The lowest BCUT2D eigenvalue weighted by Gasteiger charge is -2.50. The molecule has 4 aliphatic rings. The van der Waals surface area contributed by atoms with E-state index in [2.05, 4.69) is 0 Å². The molecule has 1 saturated heterocycles. The highest BCUT2D eigenvalue weighted by atomic mass is 19.4. The summed E-state index contributed by atoms with van der Waals surface area (Å²) in [5.41, 5.74) is -0.164. The van der Waals surface area contributed by atoms with E-state index in [1.807, 2.05) is 0 Å². The van der Waals surface area contributed by atoms with Gasteiger partial charge in [-0.15, -0.1) is 0 Å². The summed E-state index contributed by atoms with van der Waals surface area (Å²) in [5.74, 6) is -2.97. The van der Waals surface area contributed by atoms with Gasteiger partial charge in [-0.05, 0) is 29.3 Å². The maximum absolute atomic E-state index is 13.5. The molecule has 3 aliphatic heterocycles. The van der Waals surface area contributed by atoms with Gasteiger partial charge in [0.05, 0.1) is 11.5 Å². The van der Waals surface area contributed by atoms with Crippen LogP contribution in [0.25, 0.3) is 0 Å². The molecule has 1 aromatic rings. The molecule has 0 radical (unpaired) electrons. The van der Waals surface area contributed by atoms with E-state index in [4.69, 9.17) is 18.9 Å². The first-order chi connectivity index (χ1) is 15.1. The second kappa shape index (κ2) is 6.61. The van der Waals surface area contributed by atoms with E-state index in [0.717, 1.165) is 0 Å². The van der Waals surface area contributed by atoms with E-state index in [9.17, 15) is 22.8 Å². The fourth-order valence-electron chi connectivity index (χ4n) is 5.50. The Bertz CT molecular complexity index is 1040. The lowest BCUT2D eigenvalue weighted by atomic mass is 9.63. The van der Waals surface area contributed by atoms with Crippen molar-refractivity contribution in [1.29, 1.82) is 0 Å². The molecule has 0 N–H and O–H groups in total. The first-order valence-corrected chi connectivity index (χ1v) is 9.96. The summed E-state index contributed by atoms with van der Waals surface area (Å²) in [5, 5.41) is 0. The van der Waals surface area contributed by atoms with Crippen LogP contribution in [0.15, 0.2) is 24.3 Å². The molecular formula is C21H21F3N2O6. The van der Waals surface area contributed by atoms with E-state index in [1.165, 1.54) is 26.2 Å². The number of amides is 2. The standard InChI is InChI=1S/C21H21F3N2O6/c1-25-15-8-19(29-2,30-3)4-5-20(15)12-7-14-13(31-10-32-14)6-11(12)9-26(16(20)17(25)27)18(28)21(22,23)24/h4-7,15-16H,8-10H2,1-3H3/t15-,16+,20-/m0/s1. The van der Waals surface area contributed by atoms with Crippen LogP contribution in [0.3, 0.4) is 0 Å². The third-order valence-electron chi connectivity index (χ3n) is 7.06. The highest BCUT2D eigenvalue weighted by Gasteiger charge is 2.67. The van der Waals surface area contributed by atoms with E-state index in [0.29, 0.717) is 27.5 Å². The predicted molar refractivity (Wildman–Crippen MR) is 102 cm³/mol. The molecule has 2 amide bonds. The Morgan fingerprint density at radius 3 is 2.44 bits per heavy atom. The molecule has 0 aromatic heterocycles. The summed E-state index contributed by atoms with van der Waals surface area (Å²) in [4.78, 5) is 27.8. The number of ether oxygens (including phenoxy) is 4. The van der Waals surface area contributed by atoms with Crippen LogP contribution in [0.5, 0.6) is 11.5 Å². The molecule has 0 bridgehead atoms. The number of methoxy groups -OCH3 is 2. The fourth-order valence-corrected chi connectivity index (χ4v) is 5.50. The van der Waals surface area contributed by atoms with Crippen LogP contribution < -0.4 is 9.47 Å². The van der Waals surface area contributed by atoms with Gasteiger partial charge in [-0.3, -0.25) is 9.59 Å². The van der Waals surface area contributed by atoms with Crippen molar-refractivity contribution in [3.63, 3.8) is 0 Å². The maximum Gasteiger partial charge on any atom is 0.471 e. The van der Waals surface area contributed by atoms with Crippen LogP contribution in [0, 0.1) is 0 Å². The second-order valence-corrected chi connectivity index (χ2v) is 8.35. The molecule has 0 unspecified atom stereocenters. The molecule has 1 aromatic carbocycles. The van der Waals surface area contributed by atoms with Gasteiger partial charge in [0, 0.05) is 34.2 Å². The summed E-state index contributed by atoms with van der Waals surface area (Å²) in [6, 6.07) is 1.29. The van der Waals surface area contributed by atoms with Crippen LogP contribution in [0.2, 0.25) is 0 Å². The van der Waals surface area contributed by atoms with Crippen molar-refractivity contribution < 1.29 is 41.7 Å².